The van der Waals surface area contributed by atoms with Gasteiger partial charge < -0.3 is 20.2 Å². The Morgan fingerprint density at radius 3 is 2.59 bits per heavy atom. The number of hydrogen-bond donors (Lipinski definition) is 2. The second-order valence-corrected chi connectivity index (χ2v) is 7.67. The first-order chi connectivity index (χ1) is 14.0. The zero-order chi connectivity index (χ0) is 20.4. The molecule has 0 aromatic carbocycles. The highest BCUT2D eigenvalue weighted by Crippen LogP contribution is 2.23. The minimum atomic E-state index is -0.544. The third kappa shape index (κ3) is 4.06. The second-order valence-electron chi connectivity index (χ2n) is 7.67. The molecule has 1 aliphatic rings. The van der Waals surface area contributed by atoms with Crippen LogP contribution in [0.25, 0.3) is 17.2 Å². The average Bonchev–Trinajstić information content (AvgIpc) is 3.42. The van der Waals surface area contributed by atoms with Crippen LogP contribution in [-0.4, -0.2) is 67.9 Å². The molecule has 3 aromatic rings. The molecule has 0 unspecified atom stereocenters. The van der Waals surface area contributed by atoms with Gasteiger partial charge in [-0.05, 0) is 31.4 Å². The Labute approximate surface area is 170 Å². The first-order valence-corrected chi connectivity index (χ1v) is 10.3. The summed E-state index contributed by atoms with van der Waals surface area (Å²) in [4.78, 5) is 13.7. The fourth-order valence-corrected chi connectivity index (χ4v) is 3.74. The van der Waals surface area contributed by atoms with Gasteiger partial charge in [-0.3, -0.25) is 4.90 Å². The molecule has 0 spiro atoms. The summed E-state index contributed by atoms with van der Waals surface area (Å²) < 4.78 is 6.91. The molecule has 1 saturated heterocycles. The number of aliphatic hydroxyl groups is 1. The van der Waals surface area contributed by atoms with Crippen LogP contribution in [-0.2, 0) is 0 Å². The maximum Gasteiger partial charge on any atom is 0.225 e. The lowest BCUT2D eigenvalue weighted by Crippen LogP contribution is -2.48. The van der Waals surface area contributed by atoms with E-state index in [9.17, 15) is 5.11 Å². The van der Waals surface area contributed by atoms with Gasteiger partial charge in [0.05, 0.1) is 11.9 Å². The molecule has 3 N–H and O–H groups in total. The van der Waals surface area contributed by atoms with E-state index in [1.54, 1.807) is 12.3 Å². The Bertz CT molecular complexity index is 941. The zero-order valence-electron chi connectivity index (χ0n) is 17.1. The first kappa shape index (κ1) is 19.7. The molecule has 1 fully saturated rings. The third-order valence-corrected chi connectivity index (χ3v) is 5.98. The summed E-state index contributed by atoms with van der Waals surface area (Å²) >= 11 is 0. The predicted octanol–water partition coefficient (Wildman–Crippen LogP) is 2.03. The van der Waals surface area contributed by atoms with Gasteiger partial charge in [-0.1, -0.05) is 13.8 Å². The maximum atomic E-state index is 10.5. The SMILES string of the molecule is CCC(O)(CC)CCN1CCN(c2cc3nc(-c4ccco4)nn3c(N)n2)CC1. The van der Waals surface area contributed by atoms with Crippen molar-refractivity contribution >= 4 is 17.4 Å². The van der Waals surface area contributed by atoms with Crippen molar-refractivity contribution in [2.24, 2.45) is 0 Å². The number of fused-ring (bicyclic) bond motifs is 1. The largest absolute Gasteiger partial charge is 0.461 e. The van der Waals surface area contributed by atoms with E-state index in [1.807, 2.05) is 12.1 Å². The van der Waals surface area contributed by atoms with Gasteiger partial charge >= 0.3 is 0 Å². The lowest BCUT2D eigenvalue weighted by atomic mass is 9.93. The third-order valence-electron chi connectivity index (χ3n) is 5.98. The molecular weight excluding hydrogens is 370 g/mol. The summed E-state index contributed by atoms with van der Waals surface area (Å²) in [5.41, 5.74) is 6.24. The summed E-state index contributed by atoms with van der Waals surface area (Å²) in [6, 6.07) is 5.53. The Hall–Kier alpha value is -2.65. The normalized spacial score (nSPS) is 16.0. The Morgan fingerprint density at radius 1 is 1.17 bits per heavy atom. The smallest absolute Gasteiger partial charge is 0.225 e. The van der Waals surface area contributed by atoms with E-state index < -0.39 is 5.60 Å². The van der Waals surface area contributed by atoms with Gasteiger partial charge in [0.1, 0.15) is 5.82 Å². The van der Waals surface area contributed by atoms with Crippen LogP contribution < -0.4 is 10.6 Å². The van der Waals surface area contributed by atoms with E-state index in [0.29, 0.717) is 23.2 Å². The van der Waals surface area contributed by atoms with E-state index in [1.165, 1.54) is 4.52 Å². The topological polar surface area (TPSA) is 109 Å². The van der Waals surface area contributed by atoms with Crippen LogP contribution in [0.1, 0.15) is 33.1 Å². The van der Waals surface area contributed by atoms with E-state index >= 15 is 0 Å². The fraction of sp³-hybridized carbons (Fsp3) is 0.550. The van der Waals surface area contributed by atoms with Gasteiger partial charge in [0.25, 0.3) is 0 Å². The van der Waals surface area contributed by atoms with Crippen molar-refractivity contribution in [2.45, 2.75) is 38.7 Å². The predicted molar refractivity (Wildman–Crippen MR) is 112 cm³/mol. The Morgan fingerprint density at radius 2 is 1.93 bits per heavy atom. The van der Waals surface area contributed by atoms with Crippen molar-refractivity contribution in [1.29, 1.82) is 0 Å². The highest BCUT2D eigenvalue weighted by atomic mass is 16.3. The molecule has 0 aliphatic carbocycles. The van der Waals surface area contributed by atoms with E-state index in [4.69, 9.17) is 10.2 Å². The van der Waals surface area contributed by atoms with Gasteiger partial charge in [-0.25, -0.2) is 4.98 Å². The number of piperazine rings is 1. The fourth-order valence-electron chi connectivity index (χ4n) is 3.74. The van der Waals surface area contributed by atoms with Crippen LogP contribution in [0.2, 0.25) is 0 Å². The summed E-state index contributed by atoms with van der Waals surface area (Å²) in [6.07, 6.45) is 4.00. The number of nitrogens with two attached hydrogens (primary N) is 1. The van der Waals surface area contributed by atoms with Crippen LogP contribution in [0.3, 0.4) is 0 Å². The summed E-state index contributed by atoms with van der Waals surface area (Å²) in [6.45, 7) is 8.60. The number of anilines is 2. The van der Waals surface area contributed by atoms with Crippen LogP contribution in [0.4, 0.5) is 11.8 Å². The lowest BCUT2D eigenvalue weighted by molar-refractivity contribution is 0.0135. The summed E-state index contributed by atoms with van der Waals surface area (Å²) in [5, 5.41) is 14.9. The molecule has 3 aromatic heterocycles. The van der Waals surface area contributed by atoms with E-state index in [2.05, 4.69) is 38.7 Å². The number of hydrogen-bond acceptors (Lipinski definition) is 8. The second kappa shape index (κ2) is 8.00. The Kier molecular flexibility index (Phi) is 5.42. The van der Waals surface area contributed by atoms with Crippen LogP contribution in [0.15, 0.2) is 28.9 Å². The standard InChI is InChI=1S/C20H29N7O2/c1-3-20(28,4-2)7-8-25-9-11-26(12-10-25)16-14-17-22-18(15-6-5-13-29-15)24-27(17)19(21)23-16/h5-6,13-14,28H,3-4,7-12H2,1-2H3,(H2,21,23). The molecule has 29 heavy (non-hydrogen) atoms. The molecule has 0 atom stereocenters. The summed E-state index contributed by atoms with van der Waals surface area (Å²) in [7, 11) is 0. The molecule has 0 saturated carbocycles. The van der Waals surface area contributed by atoms with Crippen molar-refractivity contribution in [3.8, 4) is 11.6 Å². The van der Waals surface area contributed by atoms with Gasteiger partial charge in [0.2, 0.25) is 11.8 Å². The molecule has 0 radical (unpaired) electrons. The number of nitrogens with zero attached hydrogens (tertiary/aromatic N) is 6. The highest BCUT2D eigenvalue weighted by Gasteiger charge is 2.25. The van der Waals surface area contributed by atoms with Gasteiger partial charge in [-0.15, -0.1) is 5.10 Å². The monoisotopic (exact) mass is 399 g/mol. The molecule has 9 nitrogen and oxygen atoms in total. The molecule has 0 amide bonds. The molecule has 156 valence electrons. The molecule has 9 heteroatoms. The Balaban J connectivity index is 1.43. The van der Waals surface area contributed by atoms with Gasteiger partial charge in [-0.2, -0.15) is 9.50 Å². The summed E-state index contributed by atoms with van der Waals surface area (Å²) in [5.74, 6) is 2.21. The zero-order valence-corrected chi connectivity index (χ0v) is 17.1. The van der Waals surface area contributed by atoms with Crippen LogP contribution in [0, 0.1) is 0 Å². The number of rotatable bonds is 7. The number of furan rings is 1. The maximum absolute atomic E-state index is 10.5. The van der Waals surface area contributed by atoms with Gasteiger partial charge in [0, 0.05) is 38.8 Å². The molecule has 1 aliphatic heterocycles. The van der Waals surface area contributed by atoms with E-state index in [-0.39, 0.29) is 0 Å². The molecular formula is C20H29N7O2. The highest BCUT2D eigenvalue weighted by molar-refractivity contribution is 5.59. The van der Waals surface area contributed by atoms with Crippen LogP contribution >= 0.6 is 0 Å². The molecule has 4 rings (SSSR count). The van der Waals surface area contributed by atoms with Crippen LogP contribution in [0.5, 0.6) is 0 Å². The van der Waals surface area contributed by atoms with Gasteiger partial charge in [0.15, 0.2) is 11.4 Å². The average molecular weight is 399 g/mol. The first-order valence-electron chi connectivity index (χ1n) is 10.3. The van der Waals surface area contributed by atoms with E-state index in [0.717, 1.165) is 57.8 Å². The van der Waals surface area contributed by atoms with Crippen molar-refractivity contribution < 1.29 is 9.52 Å². The quantitative estimate of drug-likeness (QED) is 0.621. The van der Waals surface area contributed by atoms with Crippen molar-refractivity contribution in [3.05, 3.63) is 24.5 Å². The minimum absolute atomic E-state index is 0.307. The molecule has 0 bridgehead atoms. The van der Waals surface area contributed by atoms with Crippen molar-refractivity contribution in [3.63, 3.8) is 0 Å². The lowest BCUT2D eigenvalue weighted by Gasteiger charge is -2.37. The molecule has 4 heterocycles. The number of nitrogen functional groups attached to an aromatic ring is 1. The number of aromatic nitrogens is 4. The van der Waals surface area contributed by atoms with Crippen molar-refractivity contribution in [1.82, 2.24) is 24.5 Å². The van der Waals surface area contributed by atoms with Crippen molar-refractivity contribution in [2.75, 3.05) is 43.4 Å². The minimum Gasteiger partial charge on any atom is -0.461 e.